The van der Waals surface area contributed by atoms with Gasteiger partial charge in [-0.3, -0.25) is 0 Å². The van der Waals surface area contributed by atoms with E-state index in [9.17, 15) is 0 Å². The molecule has 0 unspecified atom stereocenters. The van der Waals surface area contributed by atoms with Crippen molar-refractivity contribution in [2.45, 2.75) is 20.3 Å². The monoisotopic (exact) mass is 280 g/mol. The second kappa shape index (κ2) is 12.5. The van der Waals surface area contributed by atoms with Crippen LogP contribution in [0.2, 0.25) is 0 Å². The Labute approximate surface area is 102 Å². The minimum atomic E-state index is 0. The molecule has 0 aromatic rings. The Morgan fingerprint density at radius 3 is 2.43 bits per heavy atom. The molecule has 0 N–H and O–H groups in total. The van der Waals surface area contributed by atoms with Gasteiger partial charge in [0.1, 0.15) is 0 Å². The van der Waals surface area contributed by atoms with Gasteiger partial charge in [0.2, 0.25) is 0 Å². The van der Waals surface area contributed by atoms with Crippen LogP contribution in [0.1, 0.15) is 20.3 Å². The van der Waals surface area contributed by atoms with E-state index in [1.807, 2.05) is 32.1 Å². The van der Waals surface area contributed by atoms with Crippen LogP contribution in [0.5, 0.6) is 0 Å². The summed E-state index contributed by atoms with van der Waals surface area (Å²) in [5.74, 6) is 0. The van der Waals surface area contributed by atoms with Crippen molar-refractivity contribution >= 4 is 0 Å². The summed E-state index contributed by atoms with van der Waals surface area (Å²) in [4.78, 5) is 0. The van der Waals surface area contributed by atoms with E-state index in [0.29, 0.717) is 0 Å². The second-order valence-electron chi connectivity index (χ2n) is 2.01. The van der Waals surface area contributed by atoms with E-state index in [-0.39, 0.29) is 26.9 Å². The predicted octanol–water partition coefficient (Wildman–Crippen LogP) is 3.96. The molecule has 0 aromatic carbocycles. The Kier molecular flexibility index (Phi) is 17.1. The third kappa shape index (κ3) is 6.97. The maximum atomic E-state index is 4.23. The molecule has 0 atom stereocenters. The van der Waals surface area contributed by atoms with Crippen molar-refractivity contribution < 1.29 is 19.5 Å². The molecular formula is C12H20NRu-4. The molecule has 85 valence electrons. The normalized spacial score (nSPS) is 15.1. The SMILES string of the molecule is CC.[CH2-]C=C1C=CC=C(C[CH2-])[N-]1.[CH3-].[RuH]. The number of nitrogens with zero attached hydrogens (tertiary/aromatic N) is 1. The fourth-order valence-electron chi connectivity index (χ4n) is 0.751. The van der Waals surface area contributed by atoms with Gasteiger partial charge in [0, 0.05) is 0 Å². The van der Waals surface area contributed by atoms with Crippen molar-refractivity contribution in [2.24, 2.45) is 0 Å². The molecule has 1 aliphatic heterocycles. The molecule has 0 saturated heterocycles. The Morgan fingerprint density at radius 2 is 2.00 bits per heavy atom. The molecular weight excluding hydrogens is 259 g/mol. The first-order chi connectivity index (χ1) is 5.86. The summed E-state index contributed by atoms with van der Waals surface area (Å²) in [6.45, 7) is 11.4. The van der Waals surface area contributed by atoms with Crippen LogP contribution in [0.3, 0.4) is 0 Å². The van der Waals surface area contributed by atoms with Crippen molar-refractivity contribution in [3.05, 3.63) is 62.3 Å². The van der Waals surface area contributed by atoms with Crippen LogP contribution in [0.15, 0.2) is 35.7 Å². The number of hydrogen-bond donors (Lipinski definition) is 0. The van der Waals surface area contributed by atoms with Crippen LogP contribution in [0.25, 0.3) is 5.32 Å². The fraction of sp³-hybridized carbons (Fsp3) is 0.250. The van der Waals surface area contributed by atoms with Gasteiger partial charge in [-0.1, -0.05) is 26.0 Å². The average Bonchev–Trinajstić information content (AvgIpc) is 2.21. The van der Waals surface area contributed by atoms with Gasteiger partial charge in [-0.15, -0.1) is 0 Å². The zero-order valence-corrected chi connectivity index (χ0v) is 11.1. The molecule has 0 saturated carbocycles. The summed E-state index contributed by atoms with van der Waals surface area (Å²) in [6, 6.07) is 0. The first-order valence-corrected chi connectivity index (χ1v) is 4.24. The summed E-state index contributed by atoms with van der Waals surface area (Å²) in [5, 5.41) is 4.23. The molecule has 1 aliphatic rings. The summed E-state index contributed by atoms with van der Waals surface area (Å²) in [5.41, 5.74) is 1.93. The molecule has 2 heteroatoms. The van der Waals surface area contributed by atoms with Crippen molar-refractivity contribution in [3.8, 4) is 0 Å². The van der Waals surface area contributed by atoms with Crippen molar-refractivity contribution in [1.82, 2.24) is 0 Å². The molecule has 1 heterocycles. The van der Waals surface area contributed by atoms with Gasteiger partial charge in [0.05, 0.1) is 0 Å². The van der Waals surface area contributed by atoms with E-state index in [2.05, 4.69) is 19.2 Å². The zero-order valence-electron chi connectivity index (χ0n) is 9.26. The molecule has 0 aliphatic carbocycles. The second-order valence-corrected chi connectivity index (χ2v) is 2.01. The van der Waals surface area contributed by atoms with Crippen LogP contribution in [-0.2, 0) is 19.5 Å². The van der Waals surface area contributed by atoms with Gasteiger partial charge in [-0.25, -0.2) is 18.7 Å². The molecule has 0 bridgehead atoms. The fourth-order valence-corrected chi connectivity index (χ4v) is 0.751. The van der Waals surface area contributed by atoms with Crippen LogP contribution in [0, 0.1) is 21.3 Å². The average molecular weight is 279 g/mol. The van der Waals surface area contributed by atoms with Crippen LogP contribution in [-0.4, -0.2) is 0 Å². The van der Waals surface area contributed by atoms with Gasteiger partial charge in [0.25, 0.3) is 0 Å². The van der Waals surface area contributed by atoms with Crippen molar-refractivity contribution in [1.29, 1.82) is 0 Å². The van der Waals surface area contributed by atoms with E-state index < -0.39 is 0 Å². The van der Waals surface area contributed by atoms with Gasteiger partial charge in [-0.05, 0) is 0 Å². The van der Waals surface area contributed by atoms with Crippen LogP contribution >= 0.6 is 0 Å². The Balaban J connectivity index is -0.000000284. The number of rotatable bonds is 1. The number of hydrogen-bond acceptors (Lipinski definition) is 0. The van der Waals surface area contributed by atoms with Gasteiger partial charge in [-0.2, -0.15) is 12.5 Å². The van der Waals surface area contributed by atoms with E-state index >= 15 is 0 Å². The molecule has 0 fully saturated rings. The summed E-state index contributed by atoms with van der Waals surface area (Å²) in [7, 11) is 0. The maximum absolute atomic E-state index is 4.23. The molecule has 0 amide bonds. The summed E-state index contributed by atoms with van der Waals surface area (Å²) >= 11 is 0. The van der Waals surface area contributed by atoms with Crippen molar-refractivity contribution in [3.63, 3.8) is 0 Å². The summed E-state index contributed by atoms with van der Waals surface area (Å²) in [6.07, 6.45) is 8.32. The van der Waals surface area contributed by atoms with E-state index in [1.165, 1.54) is 0 Å². The van der Waals surface area contributed by atoms with E-state index in [1.54, 1.807) is 6.08 Å². The third-order valence-electron chi connectivity index (χ3n) is 1.29. The van der Waals surface area contributed by atoms with E-state index in [0.717, 1.165) is 17.8 Å². The van der Waals surface area contributed by atoms with Gasteiger partial charge < -0.3 is 25.4 Å². The topological polar surface area (TPSA) is 14.1 Å². The standard InChI is InChI=1S/C9H10N.C2H6.CH3.Ru.H/c1-3-8-6-5-7-9(4-2)10-8;1-2;;;/h3,5-7H,1-2,4H2;1-2H3;1H3;;/q-3;;-1;;. The Bertz CT molecular complexity index is 202. The first-order valence-electron chi connectivity index (χ1n) is 4.24. The molecule has 1 rings (SSSR count). The van der Waals surface area contributed by atoms with Gasteiger partial charge >= 0.3 is 19.5 Å². The molecule has 0 aromatic heterocycles. The van der Waals surface area contributed by atoms with Crippen LogP contribution in [0.4, 0.5) is 0 Å². The minimum absolute atomic E-state index is 0. The third-order valence-corrected chi connectivity index (χ3v) is 1.29. The number of allylic oxidation sites excluding steroid dienone is 5. The van der Waals surface area contributed by atoms with E-state index in [4.69, 9.17) is 0 Å². The summed E-state index contributed by atoms with van der Waals surface area (Å²) < 4.78 is 0. The molecule has 1 nitrogen and oxygen atoms in total. The zero-order chi connectivity index (χ0) is 9.40. The predicted molar refractivity (Wildman–Crippen MR) is 63.2 cm³/mol. The molecule has 14 heavy (non-hydrogen) atoms. The molecule has 0 radical (unpaired) electrons. The van der Waals surface area contributed by atoms with Crippen LogP contribution < -0.4 is 0 Å². The Hall–Kier alpha value is -0.487. The Morgan fingerprint density at radius 1 is 1.43 bits per heavy atom. The molecule has 0 spiro atoms. The quantitative estimate of drug-likeness (QED) is 0.509. The van der Waals surface area contributed by atoms with Crippen molar-refractivity contribution in [2.75, 3.05) is 0 Å². The first kappa shape index (κ1) is 19.1. The van der Waals surface area contributed by atoms with Gasteiger partial charge in [0.15, 0.2) is 0 Å².